The third kappa shape index (κ3) is 7.78. The molecule has 176 valence electrons. The molecule has 7 heteroatoms. The van der Waals surface area contributed by atoms with Gasteiger partial charge in [-0.05, 0) is 43.2 Å². The topological polar surface area (TPSA) is 93.7 Å². The lowest BCUT2D eigenvalue weighted by Crippen LogP contribution is -2.28. The number of amides is 2. The van der Waals surface area contributed by atoms with Crippen molar-refractivity contribution in [2.75, 3.05) is 18.5 Å². The van der Waals surface area contributed by atoms with Gasteiger partial charge < -0.3 is 20.1 Å². The molecule has 2 amide bonds. The molecule has 1 unspecified atom stereocenters. The van der Waals surface area contributed by atoms with E-state index in [-0.39, 0.29) is 18.4 Å². The first kappa shape index (κ1) is 24.5. The lowest BCUT2D eigenvalue weighted by atomic mass is 10.1. The minimum absolute atomic E-state index is 0.135. The third-order valence-corrected chi connectivity index (χ3v) is 4.99. The van der Waals surface area contributed by atoms with Crippen LogP contribution in [0.25, 0.3) is 0 Å². The van der Waals surface area contributed by atoms with Gasteiger partial charge in [0.25, 0.3) is 11.8 Å². The fraction of sp³-hybridized carbons (Fsp3) is 0.222. The Balaban J connectivity index is 1.44. The second kappa shape index (κ2) is 12.8. The van der Waals surface area contributed by atoms with Gasteiger partial charge in [0.1, 0.15) is 5.75 Å². The Hall–Kier alpha value is -4.13. The van der Waals surface area contributed by atoms with Gasteiger partial charge in [0, 0.05) is 6.42 Å². The minimum atomic E-state index is -0.523. The fourth-order valence-corrected chi connectivity index (χ4v) is 3.22. The average molecular weight is 461 g/mol. The molecule has 0 aliphatic heterocycles. The van der Waals surface area contributed by atoms with E-state index in [1.165, 1.54) is 0 Å². The largest absolute Gasteiger partial charge is 0.494 e. The van der Waals surface area contributed by atoms with Gasteiger partial charge in [-0.3, -0.25) is 14.4 Å². The normalized spacial score (nSPS) is 11.2. The molecule has 3 rings (SSSR count). The summed E-state index contributed by atoms with van der Waals surface area (Å²) < 4.78 is 10.6. The summed E-state index contributed by atoms with van der Waals surface area (Å²) in [5, 5.41) is 5.58. The summed E-state index contributed by atoms with van der Waals surface area (Å²) in [5.41, 5.74) is 1.64. The molecule has 3 aromatic rings. The first-order chi connectivity index (χ1) is 16.5. The number of carbonyl (C=O) groups is 3. The summed E-state index contributed by atoms with van der Waals surface area (Å²) in [5.74, 6) is -0.599. The van der Waals surface area contributed by atoms with Gasteiger partial charge in [-0.15, -0.1) is 0 Å². The quantitative estimate of drug-likeness (QED) is 0.324. The number of carbonyl (C=O) groups excluding carboxylic acids is 3. The van der Waals surface area contributed by atoms with Crippen molar-refractivity contribution >= 4 is 23.5 Å². The molecule has 0 spiro atoms. The molecule has 0 aromatic heterocycles. The lowest BCUT2D eigenvalue weighted by molar-refractivity contribution is -0.147. The maximum atomic E-state index is 12.8. The Morgan fingerprint density at radius 3 is 2.24 bits per heavy atom. The van der Waals surface area contributed by atoms with E-state index in [9.17, 15) is 14.4 Å². The van der Waals surface area contributed by atoms with Crippen LogP contribution in [0.1, 0.15) is 41.7 Å². The van der Waals surface area contributed by atoms with Crippen molar-refractivity contribution in [3.05, 3.63) is 96.1 Å². The van der Waals surface area contributed by atoms with Crippen LogP contribution in [-0.4, -0.2) is 31.0 Å². The second-order valence-electron chi connectivity index (χ2n) is 7.63. The highest BCUT2D eigenvalue weighted by atomic mass is 16.5. The Morgan fingerprint density at radius 1 is 0.853 bits per heavy atom. The predicted octanol–water partition coefficient (Wildman–Crippen LogP) is 4.52. The number of esters is 1. The predicted molar refractivity (Wildman–Crippen MR) is 130 cm³/mol. The van der Waals surface area contributed by atoms with E-state index in [0.29, 0.717) is 24.3 Å². The third-order valence-electron chi connectivity index (χ3n) is 4.99. The van der Waals surface area contributed by atoms with Crippen molar-refractivity contribution in [3.63, 3.8) is 0 Å². The van der Waals surface area contributed by atoms with Crippen LogP contribution in [0.3, 0.4) is 0 Å². The SMILES string of the molecule is CC(NC(=O)c1ccccc1NC(=O)COC(=O)CCCOc1ccccc1)c1ccccc1. The second-order valence-corrected chi connectivity index (χ2v) is 7.63. The molecule has 3 aromatic carbocycles. The number of hydrogen-bond donors (Lipinski definition) is 2. The van der Waals surface area contributed by atoms with Gasteiger partial charge in [0.15, 0.2) is 6.61 Å². The van der Waals surface area contributed by atoms with Crippen molar-refractivity contribution < 1.29 is 23.9 Å². The van der Waals surface area contributed by atoms with Crippen LogP contribution in [-0.2, 0) is 14.3 Å². The number of nitrogens with one attached hydrogen (secondary N) is 2. The maximum absolute atomic E-state index is 12.8. The Labute approximate surface area is 199 Å². The molecule has 0 fully saturated rings. The van der Waals surface area contributed by atoms with E-state index in [2.05, 4.69) is 10.6 Å². The molecule has 0 aliphatic carbocycles. The smallest absolute Gasteiger partial charge is 0.306 e. The van der Waals surface area contributed by atoms with Crippen molar-refractivity contribution in [1.82, 2.24) is 5.32 Å². The van der Waals surface area contributed by atoms with E-state index < -0.39 is 18.5 Å². The summed E-state index contributed by atoms with van der Waals surface area (Å²) >= 11 is 0. The zero-order valence-corrected chi connectivity index (χ0v) is 19.0. The summed E-state index contributed by atoms with van der Waals surface area (Å²) in [4.78, 5) is 37.0. The van der Waals surface area contributed by atoms with E-state index in [1.807, 2.05) is 67.6 Å². The summed E-state index contributed by atoms with van der Waals surface area (Å²) in [6, 6.07) is 25.4. The van der Waals surface area contributed by atoms with Gasteiger partial charge >= 0.3 is 5.97 Å². The lowest BCUT2D eigenvalue weighted by Gasteiger charge is -2.16. The van der Waals surface area contributed by atoms with E-state index >= 15 is 0 Å². The van der Waals surface area contributed by atoms with E-state index in [1.54, 1.807) is 24.3 Å². The number of ether oxygens (including phenoxy) is 2. The van der Waals surface area contributed by atoms with Crippen LogP contribution >= 0.6 is 0 Å². The molecule has 0 radical (unpaired) electrons. The first-order valence-electron chi connectivity index (χ1n) is 11.1. The van der Waals surface area contributed by atoms with Crippen LogP contribution < -0.4 is 15.4 Å². The zero-order chi connectivity index (χ0) is 24.2. The van der Waals surface area contributed by atoms with Gasteiger partial charge in [-0.1, -0.05) is 60.7 Å². The Morgan fingerprint density at radius 2 is 1.50 bits per heavy atom. The highest BCUT2D eigenvalue weighted by Crippen LogP contribution is 2.18. The van der Waals surface area contributed by atoms with Crippen LogP contribution in [0.2, 0.25) is 0 Å². The molecule has 0 aliphatic rings. The van der Waals surface area contributed by atoms with Crippen molar-refractivity contribution in [1.29, 1.82) is 0 Å². The van der Waals surface area contributed by atoms with E-state index in [0.717, 1.165) is 11.3 Å². The van der Waals surface area contributed by atoms with Crippen LogP contribution in [0, 0.1) is 0 Å². The molecule has 0 saturated heterocycles. The summed E-state index contributed by atoms with van der Waals surface area (Å²) in [7, 11) is 0. The molecule has 1 atom stereocenters. The molecule has 34 heavy (non-hydrogen) atoms. The zero-order valence-electron chi connectivity index (χ0n) is 19.0. The monoisotopic (exact) mass is 460 g/mol. The fourth-order valence-electron chi connectivity index (χ4n) is 3.22. The highest BCUT2D eigenvalue weighted by molar-refractivity contribution is 6.04. The van der Waals surface area contributed by atoms with Gasteiger partial charge in [-0.2, -0.15) is 0 Å². The number of hydrogen-bond acceptors (Lipinski definition) is 5. The van der Waals surface area contributed by atoms with Crippen LogP contribution in [0.4, 0.5) is 5.69 Å². The van der Waals surface area contributed by atoms with Crippen LogP contribution in [0.5, 0.6) is 5.75 Å². The standard InChI is InChI=1S/C27H28N2O5/c1-20(21-11-4-2-5-12-21)28-27(32)23-15-8-9-16-24(23)29-25(30)19-34-26(31)17-10-18-33-22-13-6-3-7-14-22/h2-9,11-16,20H,10,17-19H2,1H3,(H,28,32)(H,29,30). The number of benzene rings is 3. The van der Waals surface area contributed by atoms with Gasteiger partial charge in [-0.25, -0.2) is 0 Å². The van der Waals surface area contributed by atoms with Crippen molar-refractivity contribution in [2.24, 2.45) is 0 Å². The molecular formula is C27H28N2O5. The number of para-hydroxylation sites is 2. The highest BCUT2D eigenvalue weighted by Gasteiger charge is 2.16. The van der Waals surface area contributed by atoms with Crippen LogP contribution in [0.15, 0.2) is 84.9 Å². The van der Waals surface area contributed by atoms with Crippen molar-refractivity contribution in [3.8, 4) is 5.75 Å². The van der Waals surface area contributed by atoms with Gasteiger partial charge in [0.05, 0.1) is 23.9 Å². The minimum Gasteiger partial charge on any atom is -0.494 e. The number of rotatable bonds is 11. The molecule has 0 saturated carbocycles. The van der Waals surface area contributed by atoms with Gasteiger partial charge in [0.2, 0.25) is 0 Å². The number of anilines is 1. The maximum Gasteiger partial charge on any atom is 0.306 e. The molecule has 0 bridgehead atoms. The van der Waals surface area contributed by atoms with Crippen molar-refractivity contribution in [2.45, 2.75) is 25.8 Å². The first-order valence-corrected chi connectivity index (χ1v) is 11.1. The molecule has 7 nitrogen and oxygen atoms in total. The molecular weight excluding hydrogens is 432 g/mol. The Bertz CT molecular complexity index is 1090. The summed E-state index contributed by atoms with van der Waals surface area (Å²) in [6.45, 7) is 1.82. The van der Waals surface area contributed by atoms with E-state index in [4.69, 9.17) is 9.47 Å². The molecule has 2 N–H and O–H groups in total. The summed E-state index contributed by atoms with van der Waals surface area (Å²) in [6.07, 6.45) is 0.606. The Kier molecular flexibility index (Phi) is 9.22. The molecule has 0 heterocycles. The average Bonchev–Trinajstić information content (AvgIpc) is 2.87.